The summed E-state index contributed by atoms with van der Waals surface area (Å²) in [5.74, 6) is 0.732. The first kappa shape index (κ1) is 14.7. The van der Waals surface area contributed by atoms with Gasteiger partial charge in [-0.25, -0.2) is 10.0 Å². The zero-order valence-corrected chi connectivity index (χ0v) is 12.9. The van der Waals surface area contributed by atoms with Gasteiger partial charge >= 0.3 is 0 Å². The number of thiocarbonyl (C=S) groups is 1. The topological polar surface area (TPSA) is 51.5 Å². The van der Waals surface area contributed by atoms with E-state index in [2.05, 4.69) is 17.0 Å². The lowest BCUT2D eigenvalue weighted by atomic mass is 10.4. The van der Waals surface area contributed by atoms with E-state index < -0.39 is 0 Å². The molecule has 1 amide bonds. The van der Waals surface area contributed by atoms with Crippen molar-refractivity contribution in [2.45, 2.75) is 6.92 Å². The van der Waals surface area contributed by atoms with Crippen LogP contribution in [-0.4, -0.2) is 45.3 Å². The second-order valence-corrected chi connectivity index (χ2v) is 5.72. The maximum absolute atomic E-state index is 12.1. The van der Waals surface area contributed by atoms with Crippen molar-refractivity contribution in [3.63, 3.8) is 0 Å². The molecule has 6 nitrogen and oxygen atoms in total. The highest BCUT2D eigenvalue weighted by molar-refractivity contribution is 8.26. The number of rotatable bonds is 4. The molecule has 1 saturated heterocycles. The van der Waals surface area contributed by atoms with Crippen molar-refractivity contribution < 1.29 is 4.79 Å². The maximum Gasteiger partial charge on any atom is 0.266 e. The third-order valence-electron chi connectivity index (χ3n) is 2.75. The van der Waals surface area contributed by atoms with Gasteiger partial charge < -0.3 is 0 Å². The number of hydrogen-bond acceptors (Lipinski definition) is 7. The molecule has 0 radical (unpaired) electrons. The molecule has 2 aliphatic heterocycles. The molecule has 1 fully saturated rings. The van der Waals surface area contributed by atoms with Crippen LogP contribution in [-0.2, 0) is 4.79 Å². The fraction of sp³-hybridized carbons (Fsp3) is 0.333. The molecular formula is C12H15N5OS2. The molecule has 2 aliphatic rings. The van der Waals surface area contributed by atoms with Crippen molar-refractivity contribution in [1.29, 1.82) is 0 Å². The molecule has 2 rings (SSSR count). The molecule has 0 aromatic heterocycles. The van der Waals surface area contributed by atoms with Crippen molar-refractivity contribution in [3.8, 4) is 0 Å². The molecule has 0 aromatic rings. The lowest BCUT2D eigenvalue weighted by molar-refractivity contribution is -0.121. The smallest absolute Gasteiger partial charge is 0.266 e. The summed E-state index contributed by atoms with van der Waals surface area (Å²) < 4.78 is 0.557. The fourth-order valence-corrected chi connectivity index (χ4v) is 2.95. The first-order chi connectivity index (χ1) is 9.58. The molecule has 0 N–H and O–H groups in total. The fourth-order valence-electron chi connectivity index (χ4n) is 1.74. The van der Waals surface area contributed by atoms with Crippen LogP contribution in [0.1, 0.15) is 6.92 Å². The zero-order valence-electron chi connectivity index (χ0n) is 11.3. The number of amides is 1. The van der Waals surface area contributed by atoms with Crippen LogP contribution < -0.4 is 0 Å². The Labute approximate surface area is 127 Å². The normalized spacial score (nSPS) is 22.8. The van der Waals surface area contributed by atoms with Gasteiger partial charge in [-0.05, 0) is 29.5 Å². The molecule has 20 heavy (non-hydrogen) atoms. The summed E-state index contributed by atoms with van der Waals surface area (Å²) >= 11 is 6.47. The Bertz CT molecular complexity index is 540. The summed E-state index contributed by atoms with van der Waals surface area (Å²) in [6.45, 7) is 6.76. The average molecular weight is 309 g/mol. The van der Waals surface area contributed by atoms with Gasteiger partial charge in [0.1, 0.15) is 10.1 Å². The molecule has 2 heterocycles. The monoisotopic (exact) mass is 309 g/mol. The van der Waals surface area contributed by atoms with E-state index in [4.69, 9.17) is 12.2 Å². The number of thioether (sulfide) groups is 1. The molecule has 0 unspecified atom stereocenters. The van der Waals surface area contributed by atoms with E-state index in [1.807, 2.05) is 20.0 Å². The highest BCUT2D eigenvalue weighted by Gasteiger charge is 2.30. The minimum Gasteiger partial charge on any atom is -0.289 e. The minimum atomic E-state index is -0.0886. The van der Waals surface area contributed by atoms with Crippen molar-refractivity contribution in [2.75, 3.05) is 20.1 Å². The lowest BCUT2D eigenvalue weighted by Gasteiger charge is -2.14. The summed E-state index contributed by atoms with van der Waals surface area (Å²) in [7, 11) is 1.81. The van der Waals surface area contributed by atoms with Crippen LogP contribution in [0.25, 0.3) is 0 Å². The molecule has 0 aromatic carbocycles. The van der Waals surface area contributed by atoms with Crippen molar-refractivity contribution in [2.24, 2.45) is 10.4 Å². The SMILES string of the molecule is C=CCN1C(=O)/C(=C/C=C2/N(C)N=NN2CC)SC1=S. The van der Waals surface area contributed by atoms with Gasteiger partial charge in [0, 0.05) is 20.1 Å². The second-order valence-electron chi connectivity index (χ2n) is 4.05. The van der Waals surface area contributed by atoms with Crippen LogP contribution in [0.15, 0.2) is 46.0 Å². The first-order valence-corrected chi connectivity index (χ1v) is 7.30. The van der Waals surface area contributed by atoms with E-state index in [9.17, 15) is 4.79 Å². The van der Waals surface area contributed by atoms with Crippen molar-refractivity contribution >= 4 is 34.2 Å². The maximum atomic E-state index is 12.1. The van der Waals surface area contributed by atoms with E-state index in [-0.39, 0.29) is 5.91 Å². The summed E-state index contributed by atoms with van der Waals surface area (Å²) in [5, 5.41) is 11.3. The van der Waals surface area contributed by atoms with Gasteiger partial charge in [-0.1, -0.05) is 30.1 Å². The van der Waals surface area contributed by atoms with Gasteiger partial charge in [-0.15, -0.1) is 6.58 Å². The molecule has 0 aliphatic carbocycles. The van der Waals surface area contributed by atoms with E-state index in [0.29, 0.717) is 22.3 Å². The molecule has 0 saturated carbocycles. The van der Waals surface area contributed by atoms with Crippen LogP contribution in [0, 0.1) is 0 Å². The molecule has 0 bridgehead atoms. The summed E-state index contributed by atoms with van der Waals surface area (Å²) in [4.78, 5) is 14.3. The van der Waals surface area contributed by atoms with Gasteiger partial charge in [-0.2, -0.15) is 0 Å². The average Bonchev–Trinajstić information content (AvgIpc) is 2.91. The number of hydrogen-bond donors (Lipinski definition) is 0. The Kier molecular flexibility index (Phi) is 4.56. The Hall–Kier alpha value is -1.67. The lowest BCUT2D eigenvalue weighted by Crippen LogP contribution is -2.27. The Morgan fingerprint density at radius 1 is 1.40 bits per heavy atom. The number of allylic oxidation sites excluding steroid dienone is 2. The van der Waals surface area contributed by atoms with Crippen LogP contribution in [0.4, 0.5) is 0 Å². The quantitative estimate of drug-likeness (QED) is 0.453. The molecule has 0 atom stereocenters. The number of carbonyl (C=O) groups excluding carboxylic acids is 1. The van der Waals surface area contributed by atoms with Gasteiger partial charge in [0.05, 0.1) is 4.91 Å². The molecule has 106 valence electrons. The van der Waals surface area contributed by atoms with Gasteiger partial charge in [-0.3, -0.25) is 9.69 Å². The zero-order chi connectivity index (χ0) is 14.7. The Morgan fingerprint density at radius 3 is 2.80 bits per heavy atom. The van der Waals surface area contributed by atoms with E-state index in [1.165, 1.54) is 16.7 Å². The summed E-state index contributed by atoms with van der Waals surface area (Å²) in [6, 6.07) is 0. The van der Waals surface area contributed by atoms with Gasteiger partial charge in [0.25, 0.3) is 5.91 Å². The van der Waals surface area contributed by atoms with Crippen molar-refractivity contribution in [3.05, 3.63) is 35.5 Å². The molecule has 8 heteroatoms. The van der Waals surface area contributed by atoms with Gasteiger partial charge in [0.15, 0.2) is 0 Å². The van der Waals surface area contributed by atoms with Crippen LogP contribution in [0.3, 0.4) is 0 Å². The number of nitrogens with zero attached hydrogens (tertiary/aromatic N) is 5. The van der Waals surface area contributed by atoms with E-state index >= 15 is 0 Å². The first-order valence-electron chi connectivity index (χ1n) is 6.07. The predicted octanol–water partition coefficient (Wildman–Crippen LogP) is 2.31. The highest BCUT2D eigenvalue weighted by atomic mass is 32.2. The van der Waals surface area contributed by atoms with Gasteiger partial charge in [0.2, 0.25) is 0 Å². The Morgan fingerprint density at radius 2 is 2.15 bits per heavy atom. The highest BCUT2D eigenvalue weighted by Crippen LogP contribution is 2.31. The predicted molar refractivity (Wildman–Crippen MR) is 83.3 cm³/mol. The van der Waals surface area contributed by atoms with E-state index in [0.717, 1.165) is 5.82 Å². The third kappa shape index (κ3) is 2.75. The molecule has 0 spiro atoms. The standard InChI is InChI=1S/C12H15N5OS2/c1-4-8-16-11(18)9(20-12(16)19)6-7-10-15(3)13-14-17(10)5-2/h4,6-7H,1,5,8H2,2-3H3/b9-6-,10-7-. The summed E-state index contributed by atoms with van der Waals surface area (Å²) in [5.41, 5.74) is 0. The summed E-state index contributed by atoms with van der Waals surface area (Å²) in [6.07, 6.45) is 5.24. The molecular weight excluding hydrogens is 294 g/mol. The van der Waals surface area contributed by atoms with Crippen molar-refractivity contribution in [1.82, 2.24) is 14.9 Å². The Balaban J connectivity index is 2.18. The third-order valence-corrected chi connectivity index (χ3v) is 4.14. The minimum absolute atomic E-state index is 0.0886. The van der Waals surface area contributed by atoms with E-state index in [1.54, 1.807) is 22.2 Å². The second kappa shape index (κ2) is 6.19. The van der Waals surface area contributed by atoms with Crippen LogP contribution in [0.5, 0.6) is 0 Å². The largest absolute Gasteiger partial charge is 0.289 e. The number of carbonyl (C=O) groups is 1. The van der Waals surface area contributed by atoms with Crippen LogP contribution in [0.2, 0.25) is 0 Å². The van der Waals surface area contributed by atoms with Crippen LogP contribution >= 0.6 is 24.0 Å².